The van der Waals surface area contributed by atoms with Crippen LogP contribution < -0.4 is 0 Å². The lowest BCUT2D eigenvalue weighted by molar-refractivity contribution is -0.145. The van der Waals surface area contributed by atoms with Gasteiger partial charge in [0.25, 0.3) is 0 Å². The SMILES string of the molecule is CCOC(=O)C1=C(C(=O)OCC)[C@@H]2CCO[C@H]12. The van der Waals surface area contributed by atoms with Crippen molar-refractivity contribution in [3.63, 3.8) is 0 Å². The van der Waals surface area contributed by atoms with Crippen molar-refractivity contribution in [2.75, 3.05) is 19.8 Å². The Morgan fingerprint density at radius 3 is 2.35 bits per heavy atom. The van der Waals surface area contributed by atoms with E-state index >= 15 is 0 Å². The maximum Gasteiger partial charge on any atom is 0.337 e. The standard InChI is InChI=1S/C12H16O5/c1-3-15-11(13)8-7-5-6-17-10(7)9(8)12(14)16-4-2/h7,10H,3-6H2,1-2H3/t7-,10-/m0/s1. The molecule has 94 valence electrons. The van der Waals surface area contributed by atoms with E-state index in [0.29, 0.717) is 24.4 Å². The average molecular weight is 240 g/mol. The highest BCUT2D eigenvalue weighted by molar-refractivity contribution is 6.05. The van der Waals surface area contributed by atoms with E-state index in [2.05, 4.69) is 0 Å². The smallest absolute Gasteiger partial charge is 0.337 e. The molecule has 0 N–H and O–H groups in total. The van der Waals surface area contributed by atoms with Gasteiger partial charge in [0.05, 0.1) is 30.5 Å². The Morgan fingerprint density at radius 1 is 1.18 bits per heavy atom. The van der Waals surface area contributed by atoms with Crippen molar-refractivity contribution >= 4 is 11.9 Å². The highest BCUT2D eigenvalue weighted by Gasteiger charge is 2.51. The average Bonchev–Trinajstić information content (AvgIpc) is 2.63. The Labute approximate surface area is 99.7 Å². The van der Waals surface area contributed by atoms with Crippen LogP contribution in [0.1, 0.15) is 20.3 Å². The van der Waals surface area contributed by atoms with Crippen LogP contribution in [0.15, 0.2) is 11.1 Å². The number of rotatable bonds is 4. The van der Waals surface area contributed by atoms with Crippen molar-refractivity contribution in [3.05, 3.63) is 11.1 Å². The molecular weight excluding hydrogens is 224 g/mol. The summed E-state index contributed by atoms with van der Waals surface area (Å²) in [6, 6.07) is 0. The van der Waals surface area contributed by atoms with E-state index in [-0.39, 0.29) is 18.6 Å². The predicted molar refractivity (Wildman–Crippen MR) is 58.1 cm³/mol. The van der Waals surface area contributed by atoms with Crippen LogP contribution in [0.25, 0.3) is 0 Å². The van der Waals surface area contributed by atoms with E-state index in [0.717, 1.165) is 6.42 Å². The number of ether oxygens (including phenoxy) is 3. The van der Waals surface area contributed by atoms with Gasteiger partial charge in [-0.05, 0) is 20.3 Å². The Kier molecular flexibility index (Phi) is 3.47. The summed E-state index contributed by atoms with van der Waals surface area (Å²) in [6.45, 7) is 4.63. The number of carbonyl (C=O) groups excluding carboxylic acids is 2. The number of hydrogen-bond donors (Lipinski definition) is 0. The quantitative estimate of drug-likeness (QED) is 0.681. The zero-order valence-electron chi connectivity index (χ0n) is 10.0. The monoisotopic (exact) mass is 240 g/mol. The Bertz CT molecular complexity index is 337. The lowest BCUT2D eigenvalue weighted by atomic mass is 9.74. The molecule has 0 unspecified atom stereocenters. The molecule has 17 heavy (non-hydrogen) atoms. The van der Waals surface area contributed by atoms with E-state index in [1.54, 1.807) is 13.8 Å². The molecule has 0 aromatic carbocycles. The third-order valence-corrected chi connectivity index (χ3v) is 3.03. The van der Waals surface area contributed by atoms with Gasteiger partial charge in [0.2, 0.25) is 0 Å². The fourth-order valence-corrected chi connectivity index (χ4v) is 2.33. The van der Waals surface area contributed by atoms with Crippen LogP contribution in [0.5, 0.6) is 0 Å². The van der Waals surface area contributed by atoms with Gasteiger partial charge in [0.15, 0.2) is 0 Å². The molecule has 0 aromatic rings. The van der Waals surface area contributed by atoms with Gasteiger partial charge in [-0.2, -0.15) is 0 Å². The van der Waals surface area contributed by atoms with Crippen molar-refractivity contribution < 1.29 is 23.8 Å². The topological polar surface area (TPSA) is 61.8 Å². The van der Waals surface area contributed by atoms with Gasteiger partial charge in [-0.15, -0.1) is 0 Å². The van der Waals surface area contributed by atoms with Gasteiger partial charge < -0.3 is 14.2 Å². The third kappa shape index (κ3) is 1.95. The number of hydrogen-bond acceptors (Lipinski definition) is 5. The second kappa shape index (κ2) is 4.87. The molecule has 0 radical (unpaired) electrons. The molecule has 5 heteroatoms. The minimum atomic E-state index is -0.460. The molecule has 0 amide bonds. The summed E-state index contributed by atoms with van der Waals surface area (Å²) in [4.78, 5) is 23.5. The molecule has 0 spiro atoms. The molecular formula is C12H16O5. The molecule has 2 rings (SSSR count). The van der Waals surface area contributed by atoms with Crippen molar-refractivity contribution in [1.82, 2.24) is 0 Å². The molecule has 1 heterocycles. The van der Waals surface area contributed by atoms with Crippen LogP contribution in [-0.2, 0) is 23.8 Å². The largest absolute Gasteiger partial charge is 0.463 e. The summed E-state index contributed by atoms with van der Waals surface area (Å²) < 4.78 is 15.3. The van der Waals surface area contributed by atoms with Gasteiger partial charge in [0.1, 0.15) is 0 Å². The lowest BCUT2D eigenvalue weighted by Gasteiger charge is -2.33. The number of fused-ring (bicyclic) bond motifs is 1. The number of carbonyl (C=O) groups is 2. The second-order valence-electron chi connectivity index (χ2n) is 3.95. The van der Waals surface area contributed by atoms with Crippen LogP contribution in [0.4, 0.5) is 0 Å². The zero-order valence-corrected chi connectivity index (χ0v) is 10.0. The predicted octanol–water partition coefficient (Wildman–Crippen LogP) is 0.828. The summed E-state index contributed by atoms with van der Waals surface area (Å²) in [6.07, 6.45) is 0.496. The highest BCUT2D eigenvalue weighted by Crippen LogP contribution is 2.44. The Morgan fingerprint density at radius 2 is 1.76 bits per heavy atom. The third-order valence-electron chi connectivity index (χ3n) is 3.03. The van der Waals surface area contributed by atoms with Gasteiger partial charge in [-0.1, -0.05) is 0 Å². The van der Waals surface area contributed by atoms with Crippen LogP contribution in [0, 0.1) is 5.92 Å². The minimum Gasteiger partial charge on any atom is -0.463 e. The molecule has 1 fully saturated rings. The Balaban J connectivity index is 2.22. The van der Waals surface area contributed by atoms with Crippen LogP contribution >= 0.6 is 0 Å². The summed E-state index contributed by atoms with van der Waals surface area (Å²) in [7, 11) is 0. The van der Waals surface area contributed by atoms with Crippen LogP contribution in [-0.4, -0.2) is 37.9 Å². The zero-order chi connectivity index (χ0) is 12.4. The van der Waals surface area contributed by atoms with Gasteiger partial charge >= 0.3 is 11.9 Å². The van der Waals surface area contributed by atoms with E-state index in [4.69, 9.17) is 14.2 Å². The van der Waals surface area contributed by atoms with E-state index in [1.807, 2.05) is 0 Å². The van der Waals surface area contributed by atoms with Crippen LogP contribution in [0.2, 0.25) is 0 Å². The Hall–Kier alpha value is -1.36. The molecule has 1 aliphatic carbocycles. The van der Waals surface area contributed by atoms with Crippen molar-refractivity contribution in [2.45, 2.75) is 26.4 Å². The second-order valence-corrected chi connectivity index (χ2v) is 3.95. The molecule has 0 saturated carbocycles. The fourth-order valence-electron chi connectivity index (χ4n) is 2.33. The first-order chi connectivity index (χ1) is 8.20. The summed E-state index contributed by atoms with van der Waals surface area (Å²) in [5.74, 6) is -0.866. The molecule has 1 aliphatic heterocycles. The van der Waals surface area contributed by atoms with Gasteiger partial charge in [-0.3, -0.25) is 0 Å². The summed E-state index contributed by atoms with van der Waals surface area (Å²) >= 11 is 0. The van der Waals surface area contributed by atoms with Gasteiger partial charge in [-0.25, -0.2) is 9.59 Å². The van der Waals surface area contributed by atoms with Crippen molar-refractivity contribution in [1.29, 1.82) is 0 Å². The van der Waals surface area contributed by atoms with E-state index in [9.17, 15) is 9.59 Å². The van der Waals surface area contributed by atoms with Crippen molar-refractivity contribution in [3.8, 4) is 0 Å². The van der Waals surface area contributed by atoms with Crippen molar-refractivity contribution in [2.24, 2.45) is 5.92 Å². The maximum absolute atomic E-state index is 11.7. The summed E-state index contributed by atoms with van der Waals surface area (Å²) in [5, 5.41) is 0. The fraction of sp³-hybridized carbons (Fsp3) is 0.667. The first-order valence-electron chi connectivity index (χ1n) is 5.90. The molecule has 2 atom stereocenters. The normalized spacial score (nSPS) is 26.2. The minimum absolute atomic E-state index is 0.00783. The molecule has 0 aromatic heterocycles. The first-order valence-corrected chi connectivity index (χ1v) is 5.90. The van der Waals surface area contributed by atoms with E-state index < -0.39 is 11.9 Å². The van der Waals surface area contributed by atoms with Crippen LogP contribution in [0.3, 0.4) is 0 Å². The highest BCUT2D eigenvalue weighted by atomic mass is 16.5. The van der Waals surface area contributed by atoms with Gasteiger partial charge in [0, 0.05) is 12.5 Å². The summed E-state index contributed by atoms with van der Waals surface area (Å²) in [5.41, 5.74) is 0.806. The first kappa shape index (κ1) is 12.1. The lowest BCUT2D eigenvalue weighted by Crippen LogP contribution is -2.41. The maximum atomic E-state index is 11.7. The molecule has 1 saturated heterocycles. The molecule has 5 nitrogen and oxygen atoms in total. The molecule has 0 bridgehead atoms. The van der Waals surface area contributed by atoms with E-state index in [1.165, 1.54) is 0 Å². The number of esters is 2. The molecule has 2 aliphatic rings.